The van der Waals surface area contributed by atoms with Gasteiger partial charge in [-0.1, -0.05) is 23.7 Å². The van der Waals surface area contributed by atoms with Crippen LogP contribution in [0.25, 0.3) is 22.4 Å². The standard InChI is InChI=1S/C22H17ClN4O2S/c23-16-7-5-13(11-15(16)21-26-17-3-1-2-4-18(17)27-21)24-22(30)25-14-6-8-19-20(12-14)29-10-9-28-19/h1-8,11-12H,9-10H2,(H,26,27)(H2,24,25,30). The second-order valence-electron chi connectivity index (χ2n) is 6.73. The fourth-order valence-electron chi connectivity index (χ4n) is 3.28. The fourth-order valence-corrected chi connectivity index (χ4v) is 3.72. The predicted molar refractivity (Wildman–Crippen MR) is 124 cm³/mol. The van der Waals surface area contributed by atoms with Crippen molar-refractivity contribution in [3.63, 3.8) is 0 Å². The van der Waals surface area contributed by atoms with Crippen molar-refractivity contribution in [2.24, 2.45) is 0 Å². The highest BCUT2D eigenvalue weighted by molar-refractivity contribution is 7.80. The number of para-hydroxylation sites is 2. The summed E-state index contributed by atoms with van der Waals surface area (Å²) in [5.41, 5.74) is 4.24. The van der Waals surface area contributed by atoms with Crippen LogP contribution in [0.3, 0.4) is 0 Å². The third-order valence-corrected chi connectivity index (χ3v) is 5.20. The number of thiocarbonyl (C=S) groups is 1. The molecule has 8 heteroatoms. The molecule has 0 atom stereocenters. The average Bonchev–Trinajstić information content (AvgIpc) is 3.19. The van der Waals surface area contributed by atoms with Gasteiger partial charge in [-0.3, -0.25) is 0 Å². The van der Waals surface area contributed by atoms with Gasteiger partial charge in [0, 0.05) is 23.0 Å². The number of nitrogens with zero attached hydrogens (tertiary/aromatic N) is 1. The van der Waals surface area contributed by atoms with E-state index in [1.165, 1.54) is 0 Å². The normalized spacial score (nSPS) is 12.6. The van der Waals surface area contributed by atoms with Gasteiger partial charge >= 0.3 is 0 Å². The van der Waals surface area contributed by atoms with E-state index in [1.54, 1.807) is 0 Å². The van der Waals surface area contributed by atoms with Crippen LogP contribution in [0.1, 0.15) is 0 Å². The number of benzene rings is 3. The third kappa shape index (κ3) is 3.77. The van der Waals surface area contributed by atoms with Crippen molar-refractivity contribution in [2.45, 2.75) is 0 Å². The highest BCUT2D eigenvalue weighted by Crippen LogP contribution is 2.33. The molecule has 0 amide bonds. The number of hydrogen-bond acceptors (Lipinski definition) is 4. The van der Waals surface area contributed by atoms with Gasteiger partial charge in [0.25, 0.3) is 0 Å². The minimum Gasteiger partial charge on any atom is -0.486 e. The molecule has 4 aromatic rings. The molecule has 1 aliphatic heterocycles. The van der Waals surface area contributed by atoms with Crippen molar-refractivity contribution in [1.82, 2.24) is 9.97 Å². The van der Waals surface area contributed by atoms with E-state index in [-0.39, 0.29) is 0 Å². The van der Waals surface area contributed by atoms with Gasteiger partial charge in [-0.15, -0.1) is 0 Å². The average molecular weight is 437 g/mol. The van der Waals surface area contributed by atoms with Gasteiger partial charge in [0.2, 0.25) is 0 Å². The molecule has 6 nitrogen and oxygen atoms in total. The van der Waals surface area contributed by atoms with Crippen molar-refractivity contribution >= 4 is 51.3 Å². The molecule has 2 heterocycles. The SMILES string of the molecule is S=C(Nc1ccc2c(c1)OCCO2)Nc1ccc(Cl)c(-c2nc3ccccc3[nH]2)c1. The Balaban J connectivity index is 1.35. The maximum absolute atomic E-state index is 6.43. The maximum atomic E-state index is 6.43. The Kier molecular flexibility index (Phi) is 4.90. The highest BCUT2D eigenvalue weighted by atomic mass is 35.5. The monoisotopic (exact) mass is 436 g/mol. The summed E-state index contributed by atoms with van der Waals surface area (Å²) in [4.78, 5) is 7.94. The van der Waals surface area contributed by atoms with Gasteiger partial charge in [0.05, 0.1) is 16.1 Å². The Labute approximate surface area is 183 Å². The number of imidazole rings is 1. The molecule has 3 aromatic carbocycles. The van der Waals surface area contributed by atoms with Crippen molar-refractivity contribution in [2.75, 3.05) is 23.8 Å². The predicted octanol–water partition coefficient (Wildman–Crippen LogP) is 5.46. The van der Waals surface area contributed by atoms with Crippen molar-refractivity contribution in [1.29, 1.82) is 0 Å². The number of nitrogens with one attached hydrogen (secondary N) is 3. The van der Waals surface area contributed by atoms with Gasteiger partial charge < -0.3 is 25.1 Å². The molecule has 0 unspecified atom stereocenters. The van der Waals surface area contributed by atoms with Crippen molar-refractivity contribution < 1.29 is 9.47 Å². The third-order valence-electron chi connectivity index (χ3n) is 4.67. The number of anilines is 2. The topological polar surface area (TPSA) is 71.2 Å². The van der Waals surface area contributed by atoms with Gasteiger partial charge in [-0.2, -0.15) is 0 Å². The van der Waals surface area contributed by atoms with E-state index in [2.05, 4.69) is 20.6 Å². The van der Waals surface area contributed by atoms with Crippen LogP contribution in [0, 0.1) is 0 Å². The summed E-state index contributed by atoms with van der Waals surface area (Å²) < 4.78 is 11.2. The zero-order valence-corrected chi connectivity index (χ0v) is 17.3. The number of rotatable bonds is 3. The minimum absolute atomic E-state index is 0.449. The second-order valence-corrected chi connectivity index (χ2v) is 7.55. The Morgan fingerprint density at radius 1 is 0.933 bits per heavy atom. The lowest BCUT2D eigenvalue weighted by molar-refractivity contribution is 0.171. The number of halogens is 1. The Morgan fingerprint density at radius 3 is 2.50 bits per heavy atom. The van der Waals surface area contributed by atoms with Crippen molar-refractivity contribution in [3.8, 4) is 22.9 Å². The molecule has 0 aliphatic carbocycles. The number of aromatic amines is 1. The Morgan fingerprint density at radius 2 is 1.67 bits per heavy atom. The fraction of sp³-hybridized carbons (Fsp3) is 0.0909. The van der Waals surface area contributed by atoms with E-state index in [0.29, 0.717) is 34.9 Å². The van der Waals surface area contributed by atoms with Crippen LogP contribution in [-0.4, -0.2) is 28.3 Å². The number of H-pyrrole nitrogens is 1. The quantitative estimate of drug-likeness (QED) is 0.370. The van der Waals surface area contributed by atoms with Crippen LogP contribution in [0.4, 0.5) is 11.4 Å². The molecule has 3 N–H and O–H groups in total. The van der Waals surface area contributed by atoms with E-state index in [1.807, 2.05) is 60.7 Å². The van der Waals surface area contributed by atoms with Crippen LogP contribution in [-0.2, 0) is 0 Å². The molecular formula is C22H17ClN4O2S. The number of hydrogen-bond donors (Lipinski definition) is 3. The molecule has 1 aliphatic rings. The molecule has 30 heavy (non-hydrogen) atoms. The van der Waals surface area contributed by atoms with Gasteiger partial charge in [0.15, 0.2) is 16.6 Å². The molecule has 0 saturated heterocycles. The van der Waals surface area contributed by atoms with E-state index in [9.17, 15) is 0 Å². The summed E-state index contributed by atoms with van der Waals surface area (Å²) in [6.45, 7) is 1.10. The van der Waals surface area contributed by atoms with E-state index < -0.39 is 0 Å². The second kappa shape index (κ2) is 7.85. The van der Waals surface area contributed by atoms with Gasteiger partial charge in [-0.25, -0.2) is 4.98 Å². The van der Waals surface area contributed by atoms with E-state index in [4.69, 9.17) is 33.3 Å². The molecule has 0 saturated carbocycles. The summed E-state index contributed by atoms with van der Waals surface area (Å²) in [5, 5.41) is 7.40. The molecule has 5 rings (SSSR count). The Bertz CT molecular complexity index is 1220. The van der Waals surface area contributed by atoms with Gasteiger partial charge in [-0.05, 0) is 54.7 Å². The number of ether oxygens (including phenoxy) is 2. The zero-order valence-electron chi connectivity index (χ0n) is 15.7. The van der Waals surface area contributed by atoms with Crippen LogP contribution in [0.2, 0.25) is 5.02 Å². The smallest absolute Gasteiger partial charge is 0.175 e. The highest BCUT2D eigenvalue weighted by Gasteiger charge is 2.13. The summed E-state index contributed by atoms with van der Waals surface area (Å²) in [6, 6.07) is 19.1. The van der Waals surface area contributed by atoms with Crippen LogP contribution in [0.15, 0.2) is 60.7 Å². The minimum atomic E-state index is 0.449. The van der Waals surface area contributed by atoms with Crippen LogP contribution >= 0.6 is 23.8 Å². The summed E-state index contributed by atoms with van der Waals surface area (Å²) in [6.07, 6.45) is 0. The molecule has 0 radical (unpaired) electrons. The van der Waals surface area contributed by atoms with E-state index in [0.717, 1.165) is 33.7 Å². The lowest BCUT2D eigenvalue weighted by Crippen LogP contribution is -2.20. The molecular weight excluding hydrogens is 420 g/mol. The summed E-state index contributed by atoms with van der Waals surface area (Å²) >= 11 is 11.9. The summed E-state index contributed by atoms with van der Waals surface area (Å²) in [5.74, 6) is 2.14. The lowest BCUT2D eigenvalue weighted by atomic mass is 10.2. The number of aromatic nitrogens is 2. The molecule has 1 aromatic heterocycles. The molecule has 150 valence electrons. The molecule has 0 spiro atoms. The zero-order chi connectivity index (χ0) is 20.5. The maximum Gasteiger partial charge on any atom is 0.175 e. The summed E-state index contributed by atoms with van der Waals surface area (Å²) in [7, 11) is 0. The lowest BCUT2D eigenvalue weighted by Gasteiger charge is -2.19. The largest absolute Gasteiger partial charge is 0.486 e. The van der Waals surface area contributed by atoms with E-state index >= 15 is 0 Å². The first-order valence-corrected chi connectivity index (χ1v) is 10.2. The van der Waals surface area contributed by atoms with Crippen molar-refractivity contribution in [3.05, 3.63) is 65.7 Å². The first-order valence-electron chi connectivity index (χ1n) is 9.38. The van der Waals surface area contributed by atoms with Crippen LogP contribution < -0.4 is 20.1 Å². The van der Waals surface area contributed by atoms with Gasteiger partial charge in [0.1, 0.15) is 19.0 Å². The Hall–Kier alpha value is -3.29. The first-order chi connectivity index (χ1) is 14.7. The molecule has 0 bridgehead atoms. The molecule has 0 fully saturated rings. The number of fused-ring (bicyclic) bond motifs is 2. The first kappa shape index (κ1) is 18.7. The van der Waals surface area contributed by atoms with Crippen LogP contribution in [0.5, 0.6) is 11.5 Å².